The third kappa shape index (κ3) is 4.23. The molecule has 0 aromatic heterocycles. The lowest BCUT2D eigenvalue weighted by Crippen LogP contribution is -2.35. The highest BCUT2D eigenvalue weighted by atomic mass is 16.5. The molecule has 1 fully saturated rings. The van der Waals surface area contributed by atoms with Crippen LogP contribution < -0.4 is 5.73 Å². The van der Waals surface area contributed by atoms with Crippen LogP contribution in [0.2, 0.25) is 0 Å². The fraction of sp³-hybridized carbons (Fsp3) is 0.600. The molecule has 0 radical (unpaired) electrons. The summed E-state index contributed by atoms with van der Waals surface area (Å²) in [4.78, 5) is 23.7. The normalized spacial score (nSPS) is 23.7. The highest BCUT2D eigenvalue weighted by Gasteiger charge is 2.36. The zero-order chi connectivity index (χ0) is 17.6. The summed E-state index contributed by atoms with van der Waals surface area (Å²) in [6.45, 7) is 5.14. The number of aldehydes is 1. The van der Waals surface area contributed by atoms with Crippen LogP contribution in [-0.2, 0) is 26.2 Å². The first-order chi connectivity index (χ1) is 11.5. The maximum Gasteiger partial charge on any atom is 0.310 e. The minimum atomic E-state index is -0.391. The summed E-state index contributed by atoms with van der Waals surface area (Å²) in [5, 5.41) is 0. The summed E-state index contributed by atoms with van der Waals surface area (Å²) in [5.41, 5.74) is 8.45. The van der Waals surface area contributed by atoms with Crippen LogP contribution in [0.25, 0.3) is 0 Å². The lowest BCUT2D eigenvalue weighted by Gasteiger charge is -2.36. The third-order valence-corrected chi connectivity index (χ3v) is 5.28. The summed E-state index contributed by atoms with van der Waals surface area (Å²) in [6.07, 6.45) is 5.94. The van der Waals surface area contributed by atoms with Crippen LogP contribution >= 0.6 is 0 Å². The van der Waals surface area contributed by atoms with Crippen molar-refractivity contribution in [3.8, 4) is 0 Å². The van der Waals surface area contributed by atoms with E-state index in [4.69, 9.17) is 10.5 Å². The van der Waals surface area contributed by atoms with Crippen LogP contribution in [0.1, 0.15) is 55.7 Å². The second-order valence-electron chi connectivity index (χ2n) is 6.99. The minimum absolute atomic E-state index is 0.193. The van der Waals surface area contributed by atoms with Crippen molar-refractivity contribution in [2.45, 2.75) is 57.8 Å². The second-order valence-corrected chi connectivity index (χ2v) is 6.99. The van der Waals surface area contributed by atoms with Crippen molar-refractivity contribution in [2.24, 2.45) is 11.7 Å². The molecule has 2 rings (SSSR count). The number of nitrogens with two attached hydrogens (primary N) is 1. The van der Waals surface area contributed by atoms with Gasteiger partial charge in [-0.2, -0.15) is 0 Å². The first-order valence-electron chi connectivity index (χ1n) is 8.96. The number of rotatable bonds is 7. The van der Waals surface area contributed by atoms with E-state index in [0.29, 0.717) is 19.1 Å². The molecule has 1 aromatic rings. The van der Waals surface area contributed by atoms with E-state index in [0.717, 1.165) is 55.1 Å². The van der Waals surface area contributed by atoms with Crippen LogP contribution in [0.3, 0.4) is 0 Å². The van der Waals surface area contributed by atoms with Gasteiger partial charge in [0.05, 0.1) is 18.4 Å². The molecule has 0 spiro atoms. The van der Waals surface area contributed by atoms with Gasteiger partial charge in [0, 0.05) is 0 Å². The van der Waals surface area contributed by atoms with Gasteiger partial charge in [-0.05, 0) is 68.2 Å². The van der Waals surface area contributed by atoms with Crippen LogP contribution in [0.5, 0.6) is 0 Å². The van der Waals surface area contributed by atoms with Crippen molar-refractivity contribution in [3.05, 3.63) is 34.9 Å². The number of ether oxygens (including phenoxy) is 1. The maximum absolute atomic E-state index is 11.9. The molecule has 0 bridgehead atoms. The Morgan fingerprint density at radius 1 is 1.38 bits per heavy atom. The van der Waals surface area contributed by atoms with Gasteiger partial charge in [-0.25, -0.2) is 0 Å². The number of esters is 1. The largest absolute Gasteiger partial charge is 0.465 e. The summed E-state index contributed by atoms with van der Waals surface area (Å²) in [5.74, 6) is 0.341. The van der Waals surface area contributed by atoms with Gasteiger partial charge in [-0.15, -0.1) is 0 Å². The van der Waals surface area contributed by atoms with Crippen molar-refractivity contribution >= 4 is 12.3 Å². The van der Waals surface area contributed by atoms with Gasteiger partial charge in [-0.3, -0.25) is 4.79 Å². The number of hydrogen-bond donors (Lipinski definition) is 1. The average Bonchev–Trinajstić information content (AvgIpc) is 2.61. The Morgan fingerprint density at radius 3 is 2.62 bits per heavy atom. The molecule has 132 valence electrons. The van der Waals surface area contributed by atoms with Crippen LogP contribution in [0.15, 0.2) is 18.2 Å². The van der Waals surface area contributed by atoms with E-state index < -0.39 is 5.41 Å². The molecule has 4 nitrogen and oxygen atoms in total. The van der Waals surface area contributed by atoms with Gasteiger partial charge in [0.2, 0.25) is 0 Å². The van der Waals surface area contributed by atoms with Gasteiger partial charge >= 0.3 is 5.97 Å². The number of carbonyl (C=O) groups excluding carboxylic acids is 2. The zero-order valence-electron chi connectivity index (χ0n) is 14.8. The molecule has 0 heterocycles. The Kier molecular flexibility index (Phi) is 6.55. The van der Waals surface area contributed by atoms with E-state index >= 15 is 0 Å². The smallest absolute Gasteiger partial charge is 0.310 e. The van der Waals surface area contributed by atoms with Crippen LogP contribution in [-0.4, -0.2) is 25.4 Å². The average molecular weight is 331 g/mol. The standard InChI is InChI=1S/C20H29NO3/c1-3-10-24-19(23)12-17-4-5-18(11-15(17)2)20(14-22)8-6-16(13-21)7-9-20/h4-5,11,14,16H,3,6-10,12-13,21H2,1-2H3. The Labute approximate surface area is 144 Å². The van der Waals surface area contributed by atoms with Crippen molar-refractivity contribution in [3.63, 3.8) is 0 Å². The first kappa shape index (κ1) is 18.7. The fourth-order valence-electron chi connectivity index (χ4n) is 3.53. The summed E-state index contributed by atoms with van der Waals surface area (Å²) >= 11 is 0. The van der Waals surface area contributed by atoms with Gasteiger partial charge in [0.15, 0.2) is 0 Å². The molecule has 2 N–H and O–H groups in total. The topological polar surface area (TPSA) is 69.4 Å². The molecular weight excluding hydrogens is 302 g/mol. The molecule has 1 aliphatic carbocycles. The van der Waals surface area contributed by atoms with Crippen LogP contribution in [0.4, 0.5) is 0 Å². The van der Waals surface area contributed by atoms with Gasteiger partial charge in [-0.1, -0.05) is 25.1 Å². The van der Waals surface area contributed by atoms with E-state index in [2.05, 4.69) is 6.07 Å². The second kappa shape index (κ2) is 8.43. The Hall–Kier alpha value is -1.68. The predicted octanol–water partition coefficient (Wildman–Crippen LogP) is 3.08. The number of carbonyl (C=O) groups is 2. The SMILES string of the molecule is CCCOC(=O)Cc1ccc(C2(C=O)CCC(CN)CC2)cc1C. The Morgan fingerprint density at radius 2 is 2.08 bits per heavy atom. The molecule has 4 heteroatoms. The number of benzene rings is 1. The fourth-order valence-corrected chi connectivity index (χ4v) is 3.53. The molecule has 1 aromatic carbocycles. The predicted molar refractivity (Wildman–Crippen MR) is 94.9 cm³/mol. The maximum atomic E-state index is 11.9. The molecule has 0 aliphatic heterocycles. The van der Waals surface area contributed by atoms with E-state index in [1.54, 1.807) is 0 Å². The van der Waals surface area contributed by atoms with Gasteiger partial charge in [0.25, 0.3) is 0 Å². The zero-order valence-corrected chi connectivity index (χ0v) is 14.8. The van der Waals surface area contributed by atoms with Crippen molar-refractivity contribution < 1.29 is 14.3 Å². The highest BCUT2D eigenvalue weighted by molar-refractivity contribution is 5.74. The molecule has 24 heavy (non-hydrogen) atoms. The molecule has 0 amide bonds. The Balaban J connectivity index is 2.13. The van der Waals surface area contributed by atoms with Crippen molar-refractivity contribution in [1.82, 2.24) is 0 Å². The lowest BCUT2D eigenvalue weighted by molar-refractivity contribution is -0.142. The Bertz CT molecular complexity index is 574. The van der Waals surface area contributed by atoms with Crippen LogP contribution in [0, 0.1) is 12.8 Å². The molecular formula is C20H29NO3. The van der Waals surface area contributed by atoms with Crippen molar-refractivity contribution in [2.75, 3.05) is 13.2 Å². The van der Waals surface area contributed by atoms with E-state index in [1.807, 2.05) is 26.0 Å². The summed E-state index contributed by atoms with van der Waals surface area (Å²) in [6, 6.07) is 6.05. The van der Waals surface area contributed by atoms with Gasteiger partial charge < -0.3 is 15.3 Å². The summed E-state index contributed by atoms with van der Waals surface area (Å²) < 4.78 is 5.15. The highest BCUT2D eigenvalue weighted by Crippen LogP contribution is 2.40. The summed E-state index contributed by atoms with van der Waals surface area (Å²) in [7, 11) is 0. The molecule has 1 aliphatic rings. The first-order valence-corrected chi connectivity index (χ1v) is 8.96. The van der Waals surface area contributed by atoms with Gasteiger partial charge in [0.1, 0.15) is 6.29 Å². The van der Waals surface area contributed by atoms with Crippen molar-refractivity contribution in [1.29, 1.82) is 0 Å². The lowest BCUT2D eigenvalue weighted by atomic mass is 9.67. The quantitative estimate of drug-likeness (QED) is 0.616. The van der Waals surface area contributed by atoms with E-state index in [1.165, 1.54) is 0 Å². The minimum Gasteiger partial charge on any atom is -0.465 e. The third-order valence-electron chi connectivity index (χ3n) is 5.28. The van der Waals surface area contributed by atoms with E-state index in [-0.39, 0.29) is 12.4 Å². The van der Waals surface area contributed by atoms with E-state index in [9.17, 15) is 9.59 Å². The number of hydrogen-bond acceptors (Lipinski definition) is 4. The molecule has 1 saturated carbocycles. The monoisotopic (exact) mass is 331 g/mol. The molecule has 0 unspecified atom stereocenters. The molecule has 0 atom stereocenters. The molecule has 0 saturated heterocycles. The number of aryl methyl sites for hydroxylation is 1.